The number of phosphoric acid groups is 1. The summed E-state index contributed by atoms with van der Waals surface area (Å²) in [6.45, 7) is 2.26. The summed E-state index contributed by atoms with van der Waals surface area (Å²) in [5.41, 5.74) is 0. The largest absolute Gasteiger partial charge is 0.472 e. The molecule has 0 amide bonds. The standard InChI is InChI=1S/C42H75O10P/c1-3-5-7-9-11-13-15-17-19-21-23-25-27-29-31-33-41(45)49-37-40(38-51-53(47,48)50-36-39(44)35-43)52-42(46)34-32-30-28-26-24-22-20-18-16-14-12-10-8-6-4-2/h9,11-12,14,18,20,24,26,39-40,43-44H,3-8,10,13,15-17,19,21-23,25,27-38H2,1-2H3,(H,47,48)/b11-9+,14-12+,20-18+,26-24+/t39-,40+/m0/s1. The number of phosphoric ester groups is 1. The molecule has 0 rings (SSSR count). The van der Waals surface area contributed by atoms with E-state index in [9.17, 15) is 24.2 Å². The van der Waals surface area contributed by atoms with Gasteiger partial charge in [0, 0.05) is 12.8 Å². The van der Waals surface area contributed by atoms with Gasteiger partial charge in [-0.05, 0) is 70.6 Å². The van der Waals surface area contributed by atoms with Crippen molar-refractivity contribution in [2.75, 3.05) is 26.4 Å². The summed E-state index contributed by atoms with van der Waals surface area (Å²) in [5.74, 6) is -0.974. The highest BCUT2D eigenvalue weighted by molar-refractivity contribution is 7.47. The van der Waals surface area contributed by atoms with Gasteiger partial charge in [-0.25, -0.2) is 4.57 Å². The highest BCUT2D eigenvalue weighted by atomic mass is 31.2. The number of unbranched alkanes of at least 4 members (excludes halogenated alkanes) is 16. The molecule has 0 bridgehead atoms. The Balaban J connectivity index is 4.40. The molecular formula is C42H75O10P. The van der Waals surface area contributed by atoms with Crippen molar-refractivity contribution in [2.45, 2.75) is 180 Å². The maximum absolute atomic E-state index is 12.6. The topological polar surface area (TPSA) is 149 Å². The Morgan fingerprint density at radius 1 is 0.566 bits per heavy atom. The van der Waals surface area contributed by atoms with Crippen molar-refractivity contribution in [3.05, 3.63) is 48.6 Å². The van der Waals surface area contributed by atoms with Crippen LogP contribution in [0.3, 0.4) is 0 Å². The molecule has 53 heavy (non-hydrogen) atoms. The summed E-state index contributed by atoms with van der Waals surface area (Å²) in [4.78, 5) is 34.9. The summed E-state index contributed by atoms with van der Waals surface area (Å²) < 4.78 is 32.6. The molecular weight excluding hydrogens is 695 g/mol. The lowest BCUT2D eigenvalue weighted by atomic mass is 10.1. The maximum Gasteiger partial charge on any atom is 0.472 e. The Morgan fingerprint density at radius 3 is 1.58 bits per heavy atom. The fourth-order valence-corrected chi connectivity index (χ4v) is 6.00. The first kappa shape index (κ1) is 50.9. The second kappa shape index (κ2) is 38.2. The molecule has 0 aliphatic carbocycles. The summed E-state index contributed by atoms with van der Waals surface area (Å²) in [7, 11) is -4.63. The highest BCUT2D eigenvalue weighted by Gasteiger charge is 2.27. The number of ether oxygens (including phenoxy) is 2. The van der Waals surface area contributed by atoms with Crippen molar-refractivity contribution < 1.29 is 47.8 Å². The number of aliphatic hydroxyl groups excluding tert-OH is 2. The third-order valence-corrected chi connectivity index (χ3v) is 9.41. The first-order valence-corrected chi connectivity index (χ1v) is 22.1. The van der Waals surface area contributed by atoms with E-state index >= 15 is 0 Å². The quantitative estimate of drug-likeness (QED) is 0.0240. The Kier molecular flexibility index (Phi) is 36.7. The molecule has 0 aromatic carbocycles. The minimum Gasteiger partial charge on any atom is -0.462 e. The number of esters is 2. The number of allylic oxidation sites excluding steroid dienone is 8. The molecule has 10 nitrogen and oxygen atoms in total. The van der Waals surface area contributed by atoms with Gasteiger partial charge < -0.3 is 24.6 Å². The molecule has 3 atom stereocenters. The van der Waals surface area contributed by atoms with E-state index in [2.05, 4.69) is 67.0 Å². The summed E-state index contributed by atoms with van der Waals surface area (Å²) in [6.07, 6.45) is 39.3. The van der Waals surface area contributed by atoms with Gasteiger partial charge in [-0.1, -0.05) is 133 Å². The fourth-order valence-electron chi connectivity index (χ4n) is 5.21. The van der Waals surface area contributed by atoms with Crippen molar-refractivity contribution in [3.8, 4) is 0 Å². The van der Waals surface area contributed by atoms with Crippen LogP contribution in [0.15, 0.2) is 48.6 Å². The van der Waals surface area contributed by atoms with Gasteiger partial charge in [0.05, 0.1) is 19.8 Å². The van der Waals surface area contributed by atoms with Crippen molar-refractivity contribution >= 4 is 19.8 Å². The van der Waals surface area contributed by atoms with E-state index in [0.29, 0.717) is 12.8 Å². The van der Waals surface area contributed by atoms with Gasteiger partial charge in [-0.15, -0.1) is 0 Å². The van der Waals surface area contributed by atoms with Crippen molar-refractivity contribution in [1.29, 1.82) is 0 Å². The van der Waals surface area contributed by atoms with Crippen LogP contribution in [0, 0.1) is 0 Å². The SMILES string of the molecule is CCCC/C=C/CCCCCCCCCCCC(=O)OC[C@H](COP(=O)(O)OC[C@@H](O)CO)OC(=O)CCCC/C=C/C/C=C/C/C=C/CCCCC. The van der Waals surface area contributed by atoms with Gasteiger partial charge in [-0.3, -0.25) is 18.6 Å². The van der Waals surface area contributed by atoms with Gasteiger partial charge >= 0.3 is 19.8 Å². The van der Waals surface area contributed by atoms with E-state index in [1.54, 1.807) is 0 Å². The van der Waals surface area contributed by atoms with Crippen LogP contribution in [-0.2, 0) is 32.7 Å². The Hall–Kier alpha value is -2.07. The molecule has 0 spiro atoms. The number of carbonyl (C=O) groups excluding carboxylic acids is 2. The monoisotopic (exact) mass is 771 g/mol. The van der Waals surface area contributed by atoms with Gasteiger partial charge in [0.2, 0.25) is 0 Å². The van der Waals surface area contributed by atoms with E-state index in [0.717, 1.165) is 51.4 Å². The van der Waals surface area contributed by atoms with Crippen LogP contribution in [0.2, 0.25) is 0 Å². The molecule has 0 aliphatic rings. The van der Waals surface area contributed by atoms with Crippen LogP contribution in [0.4, 0.5) is 0 Å². The zero-order chi connectivity index (χ0) is 39.1. The van der Waals surface area contributed by atoms with E-state index in [4.69, 9.17) is 19.1 Å². The predicted molar refractivity (Wildman–Crippen MR) is 214 cm³/mol. The van der Waals surface area contributed by atoms with E-state index in [1.165, 1.54) is 77.0 Å². The van der Waals surface area contributed by atoms with E-state index < -0.39 is 51.8 Å². The summed E-state index contributed by atoms with van der Waals surface area (Å²) >= 11 is 0. The average molecular weight is 771 g/mol. The summed E-state index contributed by atoms with van der Waals surface area (Å²) in [5, 5.41) is 18.3. The Bertz CT molecular complexity index is 1030. The lowest BCUT2D eigenvalue weighted by Crippen LogP contribution is -2.29. The van der Waals surface area contributed by atoms with Crippen molar-refractivity contribution in [1.82, 2.24) is 0 Å². The van der Waals surface area contributed by atoms with Crippen LogP contribution in [-0.4, -0.2) is 65.7 Å². The van der Waals surface area contributed by atoms with Gasteiger partial charge in [0.25, 0.3) is 0 Å². The number of hydrogen-bond acceptors (Lipinski definition) is 9. The molecule has 0 aromatic heterocycles. The zero-order valence-corrected chi connectivity index (χ0v) is 34.1. The molecule has 0 saturated heterocycles. The second-order valence-electron chi connectivity index (χ2n) is 13.7. The Labute approximate surface area is 322 Å². The van der Waals surface area contributed by atoms with Crippen LogP contribution >= 0.6 is 7.82 Å². The number of hydrogen-bond donors (Lipinski definition) is 3. The second-order valence-corrected chi connectivity index (χ2v) is 15.1. The lowest BCUT2D eigenvalue weighted by molar-refractivity contribution is -0.161. The number of rotatable bonds is 38. The molecule has 0 heterocycles. The first-order valence-electron chi connectivity index (χ1n) is 20.6. The van der Waals surface area contributed by atoms with Gasteiger partial charge in [0.1, 0.15) is 12.7 Å². The number of aliphatic hydroxyl groups is 2. The zero-order valence-electron chi connectivity index (χ0n) is 33.2. The van der Waals surface area contributed by atoms with Gasteiger partial charge in [0.15, 0.2) is 6.10 Å². The first-order chi connectivity index (χ1) is 25.7. The Morgan fingerprint density at radius 2 is 1.00 bits per heavy atom. The fraction of sp³-hybridized carbons (Fsp3) is 0.762. The normalized spacial score (nSPS) is 14.4. The minimum absolute atomic E-state index is 0.134. The van der Waals surface area contributed by atoms with Crippen LogP contribution in [0.5, 0.6) is 0 Å². The van der Waals surface area contributed by atoms with Crippen LogP contribution in [0.1, 0.15) is 168 Å². The van der Waals surface area contributed by atoms with Gasteiger partial charge in [-0.2, -0.15) is 0 Å². The van der Waals surface area contributed by atoms with E-state index in [1.807, 2.05) is 0 Å². The van der Waals surface area contributed by atoms with Crippen LogP contribution < -0.4 is 0 Å². The summed E-state index contributed by atoms with van der Waals surface area (Å²) in [6, 6.07) is 0. The molecule has 1 unspecified atom stereocenters. The third-order valence-electron chi connectivity index (χ3n) is 8.46. The molecule has 0 fully saturated rings. The molecule has 0 radical (unpaired) electrons. The smallest absolute Gasteiger partial charge is 0.462 e. The van der Waals surface area contributed by atoms with Crippen LogP contribution in [0.25, 0.3) is 0 Å². The maximum atomic E-state index is 12.6. The predicted octanol–water partition coefficient (Wildman–Crippen LogP) is 10.6. The van der Waals surface area contributed by atoms with E-state index in [-0.39, 0.29) is 19.4 Å². The lowest BCUT2D eigenvalue weighted by Gasteiger charge is -2.20. The van der Waals surface area contributed by atoms with Crippen molar-refractivity contribution in [3.63, 3.8) is 0 Å². The van der Waals surface area contributed by atoms with Crippen molar-refractivity contribution in [2.24, 2.45) is 0 Å². The third kappa shape index (κ3) is 38.0. The average Bonchev–Trinajstić information content (AvgIpc) is 3.14. The molecule has 11 heteroatoms. The molecule has 0 aromatic rings. The number of carbonyl (C=O) groups is 2. The molecule has 3 N–H and O–H groups in total. The molecule has 0 saturated carbocycles. The molecule has 308 valence electrons. The molecule has 0 aliphatic heterocycles. The highest BCUT2D eigenvalue weighted by Crippen LogP contribution is 2.43. The minimum atomic E-state index is -4.63.